The van der Waals surface area contributed by atoms with E-state index in [-0.39, 0.29) is 30.7 Å². The van der Waals surface area contributed by atoms with Crippen molar-refractivity contribution in [1.29, 1.82) is 0 Å². The molecule has 3 heterocycles. The van der Waals surface area contributed by atoms with Crippen molar-refractivity contribution < 1.29 is 19.5 Å². The molecule has 3 aliphatic heterocycles. The lowest BCUT2D eigenvalue weighted by atomic mass is 9.95. The summed E-state index contributed by atoms with van der Waals surface area (Å²) in [4.78, 5) is 41.0. The largest absolute Gasteiger partial charge is 0.391 e. The lowest BCUT2D eigenvalue weighted by Gasteiger charge is -2.40. The highest BCUT2D eigenvalue weighted by Gasteiger charge is 2.41. The minimum Gasteiger partial charge on any atom is -0.391 e. The second-order valence-electron chi connectivity index (χ2n) is 8.05. The topological polar surface area (TPSA) is 102 Å². The molecule has 2 saturated heterocycles. The van der Waals surface area contributed by atoms with E-state index in [0.717, 1.165) is 6.42 Å². The van der Waals surface area contributed by atoms with E-state index in [1.807, 2.05) is 0 Å². The van der Waals surface area contributed by atoms with Crippen LogP contribution in [0.15, 0.2) is 18.2 Å². The van der Waals surface area contributed by atoms with Crippen molar-refractivity contribution in [2.45, 2.75) is 43.9 Å². The number of hydrogen-bond donors (Lipinski definition) is 3. The van der Waals surface area contributed by atoms with E-state index in [1.54, 1.807) is 28.0 Å². The van der Waals surface area contributed by atoms with Crippen molar-refractivity contribution in [3.63, 3.8) is 0 Å². The fourth-order valence-corrected chi connectivity index (χ4v) is 4.47. The Morgan fingerprint density at radius 1 is 1.24 bits per heavy atom. The summed E-state index contributed by atoms with van der Waals surface area (Å²) in [5, 5.41) is 16.7. The van der Waals surface area contributed by atoms with E-state index in [9.17, 15) is 19.5 Å². The van der Waals surface area contributed by atoms with Crippen LogP contribution in [0.25, 0.3) is 0 Å². The lowest BCUT2D eigenvalue weighted by molar-refractivity contribution is -0.141. The van der Waals surface area contributed by atoms with E-state index in [0.29, 0.717) is 55.2 Å². The number of carbonyl (C=O) groups is 3. The third kappa shape index (κ3) is 4.18. The van der Waals surface area contributed by atoms with Crippen LogP contribution in [0.5, 0.6) is 0 Å². The van der Waals surface area contributed by atoms with Crippen LogP contribution in [0.1, 0.15) is 42.5 Å². The number of nitrogens with one attached hydrogen (secondary N) is 2. The van der Waals surface area contributed by atoms with Gasteiger partial charge in [-0.2, -0.15) is 0 Å². The summed E-state index contributed by atoms with van der Waals surface area (Å²) in [5.41, 5.74) is 0.444. The van der Waals surface area contributed by atoms with Crippen molar-refractivity contribution >= 4 is 35.0 Å². The summed E-state index contributed by atoms with van der Waals surface area (Å²) in [6, 6.07) is 5.11. The van der Waals surface area contributed by atoms with Gasteiger partial charge < -0.3 is 25.5 Å². The first-order valence-electron chi connectivity index (χ1n) is 9.99. The summed E-state index contributed by atoms with van der Waals surface area (Å²) < 4.78 is 0. The maximum Gasteiger partial charge on any atom is 0.255 e. The molecule has 3 N–H and O–H groups in total. The Bertz CT molecular complexity index is 848. The average Bonchev–Trinajstić information content (AvgIpc) is 2.83. The van der Waals surface area contributed by atoms with Gasteiger partial charge in [0.15, 0.2) is 0 Å². The van der Waals surface area contributed by atoms with Gasteiger partial charge in [0.2, 0.25) is 11.8 Å². The van der Waals surface area contributed by atoms with Gasteiger partial charge in [-0.05, 0) is 37.5 Å². The van der Waals surface area contributed by atoms with Gasteiger partial charge in [-0.3, -0.25) is 14.4 Å². The van der Waals surface area contributed by atoms with Crippen LogP contribution in [0.2, 0.25) is 5.02 Å². The molecule has 3 aliphatic rings. The number of benzene rings is 1. The van der Waals surface area contributed by atoms with E-state index in [2.05, 4.69) is 10.6 Å². The molecular formula is C20H25ClN4O4. The number of halogens is 1. The van der Waals surface area contributed by atoms with Crippen LogP contribution in [0.3, 0.4) is 0 Å². The van der Waals surface area contributed by atoms with Crippen LogP contribution < -0.4 is 10.6 Å². The second kappa shape index (κ2) is 7.84. The Labute approximate surface area is 174 Å². The molecule has 0 unspecified atom stereocenters. The highest BCUT2D eigenvalue weighted by atomic mass is 35.5. The zero-order valence-corrected chi connectivity index (χ0v) is 16.9. The number of likely N-dealkylation sites (tertiary alicyclic amines) is 2. The number of nitrogens with zero attached hydrogens (tertiary/aromatic N) is 2. The van der Waals surface area contributed by atoms with Gasteiger partial charge in [0.1, 0.15) is 5.66 Å². The van der Waals surface area contributed by atoms with Crippen LogP contribution in [-0.4, -0.2) is 70.6 Å². The maximum absolute atomic E-state index is 12.6. The quantitative estimate of drug-likeness (QED) is 0.667. The number of aliphatic hydroxyl groups excluding tert-OH is 1. The Morgan fingerprint density at radius 2 is 2.07 bits per heavy atom. The fraction of sp³-hybridized carbons (Fsp3) is 0.550. The second-order valence-corrected chi connectivity index (χ2v) is 8.49. The molecule has 2 fully saturated rings. The molecule has 1 spiro atoms. The van der Waals surface area contributed by atoms with Gasteiger partial charge in [0.05, 0.1) is 18.2 Å². The first-order valence-corrected chi connectivity index (χ1v) is 10.4. The molecule has 1 aromatic carbocycles. The molecule has 4 rings (SSSR count). The Kier molecular flexibility index (Phi) is 5.40. The highest BCUT2D eigenvalue weighted by Crippen LogP contribution is 2.33. The van der Waals surface area contributed by atoms with Crippen LogP contribution >= 0.6 is 11.6 Å². The van der Waals surface area contributed by atoms with E-state index in [1.165, 1.54) is 0 Å². The zero-order chi connectivity index (χ0) is 20.6. The number of piperidine rings is 1. The summed E-state index contributed by atoms with van der Waals surface area (Å²) >= 11 is 5.99. The minimum atomic E-state index is -0.729. The third-order valence-electron chi connectivity index (χ3n) is 5.96. The number of fused-ring (bicyclic) bond motifs is 1. The van der Waals surface area contributed by atoms with Crippen molar-refractivity contribution in [2.24, 2.45) is 0 Å². The van der Waals surface area contributed by atoms with Crippen molar-refractivity contribution in [1.82, 2.24) is 15.1 Å². The Hall–Kier alpha value is -2.32. The molecule has 9 heteroatoms. The normalized spacial score (nSPS) is 27.2. The number of hydrogen-bond acceptors (Lipinski definition) is 5. The smallest absolute Gasteiger partial charge is 0.255 e. The molecular weight excluding hydrogens is 396 g/mol. The van der Waals surface area contributed by atoms with E-state index in [4.69, 9.17) is 11.6 Å². The first kappa shape index (κ1) is 20.0. The Balaban J connectivity index is 1.44. The van der Waals surface area contributed by atoms with Crippen LogP contribution in [0, 0.1) is 0 Å². The number of rotatable bonds is 2. The van der Waals surface area contributed by atoms with E-state index < -0.39 is 11.8 Å². The maximum atomic E-state index is 12.6. The number of β-amino-alcohol motifs (C(OH)–C–C–N with tert-alkyl or cyclic N) is 1. The first-order chi connectivity index (χ1) is 13.8. The fourth-order valence-electron chi connectivity index (χ4n) is 4.30. The van der Waals surface area contributed by atoms with Gasteiger partial charge in [-0.25, -0.2) is 0 Å². The number of anilines is 1. The molecule has 0 aliphatic carbocycles. The highest BCUT2D eigenvalue weighted by molar-refractivity contribution is 6.31. The molecule has 29 heavy (non-hydrogen) atoms. The SMILES string of the molecule is O=C1N[C@@]2(CCC(=O)N(CC(=O)N3CCC[C@H](O)C3)CC2)Nc2ccc(Cl)cc21. The molecule has 2 atom stereocenters. The molecule has 3 amide bonds. The molecule has 8 nitrogen and oxygen atoms in total. The van der Waals surface area contributed by atoms with Gasteiger partial charge in [0.25, 0.3) is 5.91 Å². The third-order valence-corrected chi connectivity index (χ3v) is 6.19. The molecule has 156 valence electrons. The zero-order valence-electron chi connectivity index (χ0n) is 16.1. The number of amides is 3. The number of aliphatic hydroxyl groups is 1. The van der Waals surface area contributed by atoms with Gasteiger partial charge >= 0.3 is 0 Å². The van der Waals surface area contributed by atoms with Crippen molar-refractivity contribution in [3.8, 4) is 0 Å². The lowest BCUT2D eigenvalue weighted by Crippen LogP contribution is -2.58. The summed E-state index contributed by atoms with van der Waals surface area (Å²) in [7, 11) is 0. The summed E-state index contributed by atoms with van der Waals surface area (Å²) in [6.07, 6.45) is 2.13. The molecule has 1 aromatic rings. The minimum absolute atomic E-state index is 0.00176. The molecule has 0 radical (unpaired) electrons. The summed E-state index contributed by atoms with van der Waals surface area (Å²) in [6.45, 7) is 1.29. The van der Waals surface area contributed by atoms with Crippen LogP contribution in [0.4, 0.5) is 5.69 Å². The van der Waals surface area contributed by atoms with Gasteiger partial charge in [-0.15, -0.1) is 0 Å². The van der Waals surface area contributed by atoms with Gasteiger partial charge in [-0.1, -0.05) is 11.6 Å². The van der Waals surface area contributed by atoms with E-state index >= 15 is 0 Å². The molecule has 0 saturated carbocycles. The Morgan fingerprint density at radius 3 is 2.86 bits per heavy atom. The average molecular weight is 421 g/mol. The van der Waals surface area contributed by atoms with Gasteiger partial charge in [0, 0.05) is 43.2 Å². The monoisotopic (exact) mass is 420 g/mol. The predicted molar refractivity (Wildman–Crippen MR) is 108 cm³/mol. The molecule has 0 bridgehead atoms. The molecule has 0 aromatic heterocycles. The summed E-state index contributed by atoms with van der Waals surface area (Å²) in [5.74, 6) is -0.472. The predicted octanol–water partition coefficient (Wildman–Crippen LogP) is 1.19. The van der Waals surface area contributed by atoms with Crippen molar-refractivity contribution in [2.75, 3.05) is 31.5 Å². The van der Waals surface area contributed by atoms with Crippen LogP contribution in [-0.2, 0) is 9.59 Å². The standard InChI is InChI=1S/C20H25ClN4O4/c21-13-3-4-16-15(10-13)19(29)23-20(22-16)6-5-17(27)25(9-7-20)12-18(28)24-8-1-2-14(26)11-24/h3-4,10,14,22,26H,1-2,5-9,11-12H2,(H,23,29)/t14-,20+/m0/s1. The number of carbonyl (C=O) groups excluding carboxylic acids is 3. The van der Waals surface area contributed by atoms with Crippen molar-refractivity contribution in [3.05, 3.63) is 28.8 Å².